The average molecular weight is 378 g/mol. The van der Waals surface area contributed by atoms with Crippen LogP contribution in [0.5, 0.6) is 5.75 Å². The second-order valence-electron chi connectivity index (χ2n) is 5.64. The summed E-state index contributed by atoms with van der Waals surface area (Å²) in [6.45, 7) is 5.91. The molecule has 0 aliphatic heterocycles. The molecule has 0 radical (unpaired) electrons. The molecule has 0 amide bonds. The zero-order chi connectivity index (χ0) is 18.8. The summed E-state index contributed by atoms with van der Waals surface area (Å²) < 4.78 is 18.6. The molecule has 0 saturated heterocycles. The number of aromatic nitrogens is 1. The Labute approximate surface area is 159 Å². The van der Waals surface area contributed by atoms with Crippen LogP contribution >= 0.6 is 11.8 Å². The summed E-state index contributed by atoms with van der Waals surface area (Å²) in [4.78, 5) is 11.9. The lowest BCUT2D eigenvalue weighted by atomic mass is 10.1. The van der Waals surface area contributed by atoms with Gasteiger partial charge in [-0.15, -0.1) is 11.8 Å². The highest BCUT2D eigenvalue weighted by atomic mass is 32.2. The zero-order valence-electron chi connectivity index (χ0n) is 15.6. The molecule has 0 fully saturated rings. The number of benzene rings is 1. The van der Waals surface area contributed by atoms with Crippen LogP contribution in [0.15, 0.2) is 47.6 Å². The first-order valence-corrected chi connectivity index (χ1v) is 10.1. The summed E-state index contributed by atoms with van der Waals surface area (Å²) >= 11 is 1.72. The number of hydrogen-bond acceptors (Lipinski definition) is 5. The maximum Gasteiger partial charge on any atom is 0.335 e. The van der Waals surface area contributed by atoms with Crippen LogP contribution < -0.4 is 4.74 Å². The maximum absolute atomic E-state index is 11.9. The molecular weight excluding hydrogens is 350 g/mol. The van der Waals surface area contributed by atoms with E-state index >= 15 is 0 Å². The van der Waals surface area contributed by atoms with Gasteiger partial charge in [-0.2, -0.15) is 0 Å². The van der Waals surface area contributed by atoms with Gasteiger partial charge in [0.05, 0.1) is 18.2 Å². The van der Waals surface area contributed by atoms with Gasteiger partial charge in [-0.25, -0.2) is 4.79 Å². The standard InChI is InChI=1S/C20H27NO4S/c1-4-23-18(20(22)24-5-2)15-16-8-10-17(11-9-16)25-14-13-21-12-6-7-19(21)26-3/h6-12,18H,4-5,13-15H2,1-3H3. The highest BCUT2D eigenvalue weighted by Crippen LogP contribution is 2.17. The molecule has 2 rings (SSSR count). The first kappa shape index (κ1) is 20.4. The summed E-state index contributed by atoms with van der Waals surface area (Å²) in [5.41, 5.74) is 1.01. The van der Waals surface area contributed by atoms with E-state index in [4.69, 9.17) is 14.2 Å². The topological polar surface area (TPSA) is 49.7 Å². The molecule has 26 heavy (non-hydrogen) atoms. The van der Waals surface area contributed by atoms with E-state index in [-0.39, 0.29) is 5.97 Å². The quantitative estimate of drug-likeness (QED) is 0.440. The number of ether oxygens (including phenoxy) is 3. The second kappa shape index (κ2) is 10.9. The Bertz CT molecular complexity index is 669. The number of esters is 1. The molecule has 0 aliphatic rings. The van der Waals surface area contributed by atoms with Crippen LogP contribution in [-0.2, 0) is 27.2 Å². The van der Waals surface area contributed by atoms with Crippen molar-refractivity contribution in [3.63, 3.8) is 0 Å². The number of nitrogens with zero attached hydrogens (tertiary/aromatic N) is 1. The van der Waals surface area contributed by atoms with E-state index in [1.54, 1.807) is 18.7 Å². The zero-order valence-corrected chi connectivity index (χ0v) is 16.5. The molecule has 0 spiro atoms. The van der Waals surface area contributed by atoms with E-state index in [1.807, 2.05) is 37.3 Å². The minimum absolute atomic E-state index is 0.314. The van der Waals surface area contributed by atoms with Gasteiger partial charge in [0.1, 0.15) is 12.4 Å². The summed E-state index contributed by atoms with van der Waals surface area (Å²) in [5.74, 6) is 0.502. The van der Waals surface area contributed by atoms with Crippen molar-refractivity contribution in [2.24, 2.45) is 0 Å². The van der Waals surface area contributed by atoms with Gasteiger partial charge >= 0.3 is 5.97 Å². The van der Waals surface area contributed by atoms with Gasteiger partial charge in [0.15, 0.2) is 6.10 Å². The Morgan fingerprint density at radius 1 is 1.15 bits per heavy atom. The summed E-state index contributed by atoms with van der Waals surface area (Å²) in [6.07, 6.45) is 4.05. The van der Waals surface area contributed by atoms with Crippen molar-refractivity contribution in [3.05, 3.63) is 48.2 Å². The first-order chi connectivity index (χ1) is 12.7. The molecule has 5 nitrogen and oxygen atoms in total. The van der Waals surface area contributed by atoms with Crippen molar-refractivity contribution >= 4 is 17.7 Å². The Kier molecular flexibility index (Phi) is 8.58. The number of carbonyl (C=O) groups is 1. The third-order valence-corrected chi connectivity index (χ3v) is 4.65. The van der Waals surface area contributed by atoms with Crippen molar-refractivity contribution in [1.29, 1.82) is 0 Å². The average Bonchev–Trinajstić information content (AvgIpc) is 3.10. The summed E-state index contributed by atoms with van der Waals surface area (Å²) in [7, 11) is 0. The summed E-state index contributed by atoms with van der Waals surface area (Å²) in [6, 6.07) is 11.9. The molecule has 2 aromatic rings. The van der Waals surface area contributed by atoms with Crippen molar-refractivity contribution in [3.8, 4) is 5.75 Å². The third-order valence-electron chi connectivity index (χ3n) is 3.86. The van der Waals surface area contributed by atoms with Crippen molar-refractivity contribution in [2.45, 2.75) is 37.9 Å². The van der Waals surface area contributed by atoms with Crippen LogP contribution in [0.1, 0.15) is 19.4 Å². The van der Waals surface area contributed by atoms with Gasteiger partial charge in [0.25, 0.3) is 0 Å². The fourth-order valence-corrected chi connectivity index (χ4v) is 3.21. The number of thioether (sulfide) groups is 1. The maximum atomic E-state index is 11.9. The van der Waals surface area contributed by atoms with Gasteiger partial charge in [0, 0.05) is 19.2 Å². The molecule has 142 valence electrons. The molecule has 1 heterocycles. The number of carbonyl (C=O) groups excluding carboxylic acids is 1. The first-order valence-electron chi connectivity index (χ1n) is 8.87. The number of hydrogen-bond donors (Lipinski definition) is 0. The lowest BCUT2D eigenvalue weighted by Gasteiger charge is -2.16. The van der Waals surface area contributed by atoms with Crippen LogP contribution in [0, 0.1) is 0 Å². The van der Waals surface area contributed by atoms with E-state index in [2.05, 4.69) is 23.1 Å². The van der Waals surface area contributed by atoms with E-state index in [0.717, 1.165) is 17.9 Å². The molecule has 0 aliphatic carbocycles. The molecule has 6 heteroatoms. The smallest absolute Gasteiger partial charge is 0.335 e. The van der Waals surface area contributed by atoms with Gasteiger partial charge in [-0.05, 0) is 49.9 Å². The van der Waals surface area contributed by atoms with Crippen LogP contribution in [0.3, 0.4) is 0 Å². The highest BCUT2D eigenvalue weighted by Gasteiger charge is 2.20. The van der Waals surface area contributed by atoms with E-state index in [0.29, 0.717) is 26.2 Å². The SMILES string of the molecule is CCOC(=O)C(Cc1ccc(OCCn2cccc2SC)cc1)OCC. The third kappa shape index (κ3) is 6.11. The Hall–Kier alpha value is -1.92. The highest BCUT2D eigenvalue weighted by molar-refractivity contribution is 7.98. The van der Waals surface area contributed by atoms with Gasteiger partial charge in [0.2, 0.25) is 0 Å². The summed E-state index contributed by atoms with van der Waals surface area (Å²) in [5, 5.41) is 1.23. The molecule has 0 bridgehead atoms. The fraction of sp³-hybridized carbons (Fsp3) is 0.450. The molecular formula is C20H27NO4S. The molecule has 0 N–H and O–H groups in total. The Balaban J connectivity index is 1.85. The molecule has 0 saturated carbocycles. The molecule has 1 aromatic carbocycles. The minimum atomic E-state index is -0.564. The lowest BCUT2D eigenvalue weighted by Crippen LogP contribution is -2.28. The molecule has 1 aromatic heterocycles. The van der Waals surface area contributed by atoms with Crippen molar-refractivity contribution in [1.82, 2.24) is 4.57 Å². The largest absolute Gasteiger partial charge is 0.492 e. The minimum Gasteiger partial charge on any atom is -0.492 e. The van der Waals surface area contributed by atoms with Crippen LogP contribution in [0.25, 0.3) is 0 Å². The lowest BCUT2D eigenvalue weighted by molar-refractivity contribution is -0.156. The Morgan fingerprint density at radius 2 is 1.92 bits per heavy atom. The van der Waals surface area contributed by atoms with Crippen LogP contribution in [0.4, 0.5) is 0 Å². The van der Waals surface area contributed by atoms with E-state index < -0.39 is 6.10 Å². The predicted octanol–water partition coefficient (Wildman–Crippen LogP) is 3.80. The van der Waals surface area contributed by atoms with Gasteiger partial charge in [-0.1, -0.05) is 12.1 Å². The molecule has 1 atom stereocenters. The monoisotopic (exact) mass is 377 g/mol. The number of rotatable bonds is 11. The van der Waals surface area contributed by atoms with E-state index in [9.17, 15) is 4.79 Å². The van der Waals surface area contributed by atoms with Gasteiger partial charge in [-0.3, -0.25) is 0 Å². The molecule has 1 unspecified atom stereocenters. The fourth-order valence-electron chi connectivity index (χ4n) is 2.61. The van der Waals surface area contributed by atoms with Crippen molar-refractivity contribution in [2.75, 3.05) is 26.1 Å². The predicted molar refractivity (Wildman–Crippen MR) is 104 cm³/mol. The Morgan fingerprint density at radius 3 is 2.58 bits per heavy atom. The van der Waals surface area contributed by atoms with Gasteiger partial charge < -0.3 is 18.8 Å². The van der Waals surface area contributed by atoms with Crippen LogP contribution in [-0.4, -0.2) is 42.7 Å². The second-order valence-corrected chi connectivity index (χ2v) is 6.46. The van der Waals surface area contributed by atoms with E-state index in [1.165, 1.54) is 5.03 Å². The van der Waals surface area contributed by atoms with Crippen LogP contribution in [0.2, 0.25) is 0 Å². The van der Waals surface area contributed by atoms with Crippen molar-refractivity contribution < 1.29 is 19.0 Å². The normalized spacial score (nSPS) is 12.0.